The van der Waals surface area contributed by atoms with Crippen molar-refractivity contribution in [3.8, 4) is 0 Å². The van der Waals surface area contributed by atoms with Gasteiger partial charge in [0.05, 0.1) is 4.70 Å². The van der Waals surface area contributed by atoms with Crippen LogP contribution in [0.1, 0.15) is 12.5 Å². The van der Waals surface area contributed by atoms with Crippen molar-refractivity contribution in [2.24, 2.45) is 0 Å². The Bertz CT molecular complexity index is 942. The van der Waals surface area contributed by atoms with Gasteiger partial charge in [0.1, 0.15) is 0 Å². The zero-order chi connectivity index (χ0) is 16.3. The molecule has 0 aliphatic carbocycles. The van der Waals surface area contributed by atoms with Crippen LogP contribution in [-0.4, -0.2) is 0 Å². The minimum Gasteiger partial charge on any atom is -0.203 e. The van der Waals surface area contributed by atoms with Crippen LogP contribution in [0, 0.1) is 40.7 Å². The standard InChI is InChI=1S/C14H5F7S/c1-2-3-6(15)9(18)7(16)4-5-8(17)10(19)11(20)12(21)14(5)22-13(3)4/h2H2,1H3. The van der Waals surface area contributed by atoms with Gasteiger partial charge in [-0.05, 0) is 6.42 Å². The third kappa shape index (κ3) is 1.70. The van der Waals surface area contributed by atoms with Gasteiger partial charge in [0, 0.05) is 21.0 Å². The number of thiophene rings is 1. The predicted molar refractivity (Wildman–Crippen MR) is 68.4 cm³/mol. The molecule has 2 aromatic carbocycles. The summed E-state index contributed by atoms with van der Waals surface area (Å²) in [6.07, 6.45) is -0.0967. The van der Waals surface area contributed by atoms with Gasteiger partial charge < -0.3 is 0 Å². The fourth-order valence-corrected chi connectivity index (χ4v) is 3.70. The van der Waals surface area contributed by atoms with E-state index in [9.17, 15) is 30.7 Å². The van der Waals surface area contributed by atoms with Gasteiger partial charge in [-0.1, -0.05) is 6.92 Å². The van der Waals surface area contributed by atoms with Crippen molar-refractivity contribution in [2.75, 3.05) is 0 Å². The van der Waals surface area contributed by atoms with E-state index in [-0.39, 0.29) is 16.7 Å². The molecule has 0 aliphatic rings. The van der Waals surface area contributed by atoms with E-state index < -0.39 is 56.2 Å². The highest BCUT2D eigenvalue weighted by atomic mass is 32.1. The summed E-state index contributed by atoms with van der Waals surface area (Å²) < 4.78 is 94.6. The van der Waals surface area contributed by atoms with Crippen molar-refractivity contribution in [3.63, 3.8) is 0 Å². The number of rotatable bonds is 1. The molecule has 22 heavy (non-hydrogen) atoms. The molecule has 3 rings (SSSR count). The van der Waals surface area contributed by atoms with Crippen molar-refractivity contribution >= 4 is 31.5 Å². The second kappa shape index (κ2) is 4.84. The minimum atomic E-state index is -2.13. The van der Waals surface area contributed by atoms with Crippen molar-refractivity contribution in [3.05, 3.63) is 46.3 Å². The molecule has 0 spiro atoms. The molecule has 0 saturated carbocycles. The average Bonchev–Trinajstić information content (AvgIpc) is 2.89. The van der Waals surface area contributed by atoms with Gasteiger partial charge in [0.15, 0.2) is 40.7 Å². The molecule has 0 N–H and O–H groups in total. The lowest BCUT2D eigenvalue weighted by molar-refractivity contribution is 0.418. The van der Waals surface area contributed by atoms with E-state index in [4.69, 9.17) is 0 Å². The molecule has 116 valence electrons. The van der Waals surface area contributed by atoms with Crippen LogP contribution < -0.4 is 0 Å². The maximum Gasteiger partial charge on any atom is 0.198 e. The first-order chi connectivity index (χ1) is 10.3. The van der Waals surface area contributed by atoms with E-state index in [1.54, 1.807) is 0 Å². The molecule has 0 aliphatic heterocycles. The fraction of sp³-hybridized carbons (Fsp3) is 0.143. The normalized spacial score (nSPS) is 11.8. The molecule has 0 bridgehead atoms. The summed E-state index contributed by atoms with van der Waals surface area (Å²) in [6.45, 7) is 1.42. The Morgan fingerprint density at radius 2 is 1.05 bits per heavy atom. The van der Waals surface area contributed by atoms with Gasteiger partial charge in [-0.3, -0.25) is 0 Å². The van der Waals surface area contributed by atoms with E-state index in [0.29, 0.717) is 11.3 Å². The van der Waals surface area contributed by atoms with Gasteiger partial charge in [-0.25, -0.2) is 30.7 Å². The zero-order valence-corrected chi connectivity index (χ0v) is 11.6. The van der Waals surface area contributed by atoms with Crippen LogP contribution in [0.5, 0.6) is 0 Å². The largest absolute Gasteiger partial charge is 0.203 e. The number of hydrogen-bond donors (Lipinski definition) is 0. The molecule has 0 amide bonds. The Labute approximate surface area is 122 Å². The second-order valence-electron chi connectivity index (χ2n) is 4.54. The van der Waals surface area contributed by atoms with Crippen molar-refractivity contribution in [1.82, 2.24) is 0 Å². The topological polar surface area (TPSA) is 0 Å². The SMILES string of the molecule is CCc1c(F)c(F)c(F)c2c1sc1c(F)c(F)c(F)c(F)c12. The van der Waals surface area contributed by atoms with E-state index in [0.717, 1.165) is 0 Å². The third-order valence-electron chi connectivity index (χ3n) is 3.40. The molecule has 0 nitrogen and oxygen atoms in total. The van der Waals surface area contributed by atoms with E-state index in [2.05, 4.69) is 0 Å². The molecule has 8 heteroatoms. The van der Waals surface area contributed by atoms with Gasteiger partial charge in [0.25, 0.3) is 0 Å². The number of fused-ring (bicyclic) bond motifs is 3. The first-order valence-corrected chi connectivity index (χ1v) is 6.86. The highest BCUT2D eigenvalue weighted by Gasteiger charge is 2.29. The van der Waals surface area contributed by atoms with E-state index >= 15 is 0 Å². The Kier molecular flexibility index (Phi) is 3.32. The lowest BCUT2D eigenvalue weighted by Crippen LogP contribution is -1.99. The van der Waals surface area contributed by atoms with Crippen LogP contribution in [0.25, 0.3) is 20.2 Å². The maximum atomic E-state index is 14.0. The van der Waals surface area contributed by atoms with Gasteiger partial charge in [-0.2, -0.15) is 0 Å². The Morgan fingerprint density at radius 3 is 1.59 bits per heavy atom. The number of benzene rings is 2. The summed E-state index contributed by atoms with van der Waals surface area (Å²) >= 11 is 0.345. The molecule has 0 saturated heterocycles. The first-order valence-electron chi connectivity index (χ1n) is 6.04. The first kappa shape index (κ1) is 15.1. The summed E-state index contributed by atoms with van der Waals surface area (Å²) in [6, 6.07) is 0. The van der Waals surface area contributed by atoms with Gasteiger partial charge in [0.2, 0.25) is 0 Å². The molecular formula is C14H5F7S. The Morgan fingerprint density at radius 1 is 0.591 bits per heavy atom. The maximum absolute atomic E-state index is 14.0. The fourth-order valence-electron chi connectivity index (χ4n) is 2.37. The number of halogens is 7. The van der Waals surface area contributed by atoms with E-state index in [1.165, 1.54) is 6.92 Å². The van der Waals surface area contributed by atoms with Crippen LogP contribution in [0.15, 0.2) is 0 Å². The molecular weight excluding hydrogens is 333 g/mol. The molecule has 0 radical (unpaired) electrons. The molecule has 3 aromatic rings. The van der Waals surface area contributed by atoms with Crippen molar-refractivity contribution in [1.29, 1.82) is 0 Å². The highest BCUT2D eigenvalue weighted by molar-refractivity contribution is 7.26. The Balaban J connectivity index is 2.72. The molecule has 1 aromatic heterocycles. The quantitative estimate of drug-likeness (QED) is 0.308. The minimum absolute atomic E-state index is 0.0967. The summed E-state index contributed by atoms with van der Waals surface area (Å²) in [7, 11) is 0. The number of aryl methyl sites for hydroxylation is 1. The molecule has 0 unspecified atom stereocenters. The van der Waals surface area contributed by atoms with Crippen LogP contribution in [0.2, 0.25) is 0 Å². The lowest BCUT2D eigenvalue weighted by atomic mass is 10.0. The summed E-state index contributed by atoms with van der Waals surface area (Å²) in [4.78, 5) is 0. The van der Waals surface area contributed by atoms with Gasteiger partial charge in [-0.15, -0.1) is 11.3 Å². The summed E-state index contributed by atoms with van der Waals surface area (Å²) in [5.41, 5.74) is -0.310. The second-order valence-corrected chi connectivity index (χ2v) is 5.56. The monoisotopic (exact) mass is 338 g/mol. The van der Waals surface area contributed by atoms with Crippen LogP contribution in [0.3, 0.4) is 0 Å². The van der Waals surface area contributed by atoms with Crippen molar-refractivity contribution in [2.45, 2.75) is 13.3 Å². The lowest BCUT2D eigenvalue weighted by Gasteiger charge is -2.05. The van der Waals surface area contributed by atoms with E-state index in [1.807, 2.05) is 0 Å². The molecule has 0 atom stereocenters. The van der Waals surface area contributed by atoms with Crippen molar-refractivity contribution < 1.29 is 30.7 Å². The van der Waals surface area contributed by atoms with Gasteiger partial charge >= 0.3 is 0 Å². The summed E-state index contributed by atoms with van der Waals surface area (Å²) in [5.74, 6) is -12.9. The van der Waals surface area contributed by atoms with Crippen LogP contribution >= 0.6 is 11.3 Å². The highest BCUT2D eigenvalue weighted by Crippen LogP contribution is 2.43. The average molecular weight is 338 g/mol. The smallest absolute Gasteiger partial charge is 0.198 e. The summed E-state index contributed by atoms with van der Waals surface area (Å²) in [5, 5.41) is -1.71. The number of hydrogen-bond acceptors (Lipinski definition) is 1. The zero-order valence-electron chi connectivity index (χ0n) is 10.8. The van der Waals surface area contributed by atoms with Crippen LogP contribution in [0.4, 0.5) is 30.7 Å². The predicted octanol–water partition coefficient (Wildman–Crippen LogP) is 5.59. The third-order valence-corrected chi connectivity index (χ3v) is 4.64. The molecule has 1 heterocycles. The van der Waals surface area contributed by atoms with Crippen LogP contribution in [-0.2, 0) is 6.42 Å². The molecule has 0 fully saturated rings. The Hall–Kier alpha value is -1.83.